The van der Waals surface area contributed by atoms with Gasteiger partial charge < -0.3 is 19.2 Å². The summed E-state index contributed by atoms with van der Waals surface area (Å²) in [7, 11) is 1.29. The highest BCUT2D eigenvalue weighted by molar-refractivity contribution is 7.16. The highest BCUT2D eigenvalue weighted by atomic mass is 32.1. The van der Waals surface area contributed by atoms with Gasteiger partial charge in [-0.2, -0.15) is 0 Å². The molecule has 0 aliphatic heterocycles. The lowest BCUT2D eigenvalue weighted by Gasteiger charge is -2.20. The maximum Gasteiger partial charge on any atom is 0.341 e. The van der Waals surface area contributed by atoms with Crippen LogP contribution in [0.15, 0.2) is 57.7 Å². The minimum atomic E-state index is -1.07. The number of ether oxygens (including phenoxy) is 2. The zero-order valence-electron chi connectivity index (χ0n) is 22.6. The Kier molecular flexibility index (Phi) is 7.47. The molecular weight excluding hydrogens is 502 g/mol. The number of amides is 1. The van der Waals surface area contributed by atoms with Crippen molar-refractivity contribution in [1.29, 1.82) is 0 Å². The number of nitrogens with one attached hydrogen (secondary N) is 1. The molecule has 2 aromatic carbocycles. The number of benzene rings is 2. The normalized spacial score (nSPS) is 12.3. The van der Waals surface area contributed by atoms with Gasteiger partial charge in [-0.05, 0) is 49.4 Å². The van der Waals surface area contributed by atoms with E-state index in [0.29, 0.717) is 27.1 Å². The zero-order chi connectivity index (χ0) is 27.8. The lowest BCUT2D eigenvalue weighted by atomic mass is 9.86. The molecule has 7 nitrogen and oxygen atoms in total. The number of carbonyl (C=O) groups excluding carboxylic acids is 2. The second kappa shape index (κ2) is 10.5. The van der Waals surface area contributed by atoms with E-state index in [2.05, 4.69) is 26.1 Å². The predicted octanol–water partition coefficient (Wildman–Crippen LogP) is 6.63. The Labute approximate surface area is 225 Å². The van der Waals surface area contributed by atoms with Crippen LogP contribution < -0.4 is 15.5 Å². The molecule has 1 N–H and O–H groups in total. The molecular formula is C30H31NO6S. The number of esters is 1. The molecule has 8 heteroatoms. The van der Waals surface area contributed by atoms with Crippen molar-refractivity contribution in [2.75, 3.05) is 12.4 Å². The molecule has 2 heterocycles. The van der Waals surface area contributed by atoms with Crippen molar-refractivity contribution in [2.45, 2.75) is 53.1 Å². The van der Waals surface area contributed by atoms with Crippen LogP contribution >= 0.6 is 11.3 Å². The summed E-state index contributed by atoms with van der Waals surface area (Å²) in [4.78, 5) is 39.9. The second-order valence-corrected chi connectivity index (χ2v) is 11.4. The fraction of sp³-hybridized carbons (Fsp3) is 0.300. The van der Waals surface area contributed by atoms with Gasteiger partial charge in [-0.1, -0.05) is 57.2 Å². The summed E-state index contributed by atoms with van der Waals surface area (Å²) >= 11 is 1.28. The first-order valence-corrected chi connectivity index (χ1v) is 13.1. The average Bonchev–Trinajstić information content (AvgIpc) is 3.16. The van der Waals surface area contributed by atoms with E-state index in [9.17, 15) is 14.4 Å². The summed E-state index contributed by atoms with van der Waals surface area (Å²) in [6.45, 7) is 11.6. The molecule has 1 atom stereocenters. The second-order valence-electron chi connectivity index (χ2n) is 10.1. The van der Waals surface area contributed by atoms with Gasteiger partial charge >= 0.3 is 5.97 Å². The number of methoxy groups -OCH3 is 1. The number of aryl methyl sites for hydroxylation is 1. The Bertz CT molecular complexity index is 1570. The van der Waals surface area contributed by atoms with Crippen LogP contribution in [0.5, 0.6) is 5.75 Å². The van der Waals surface area contributed by atoms with Gasteiger partial charge in [0.05, 0.1) is 18.1 Å². The molecule has 0 bridgehead atoms. The summed E-state index contributed by atoms with van der Waals surface area (Å²) in [5.41, 5.74) is 2.82. The van der Waals surface area contributed by atoms with Gasteiger partial charge in [0.25, 0.3) is 5.91 Å². The number of anilines is 1. The van der Waals surface area contributed by atoms with Gasteiger partial charge in [0.2, 0.25) is 11.2 Å². The largest absolute Gasteiger partial charge is 0.473 e. The SMILES string of the molecule is COC(=O)c1c(NC(=O)C(C)Oc2c(-c3ccc(C(C)(C)C)cc3)oc3ccccc3c2=O)sc(C)c1C. The molecule has 2 aromatic heterocycles. The Hall–Kier alpha value is -3.91. The molecule has 0 radical (unpaired) electrons. The number of para-hydroxylation sites is 1. The van der Waals surface area contributed by atoms with Crippen molar-refractivity contribution < 1.29 is 23.5 Å². The van der Waals surface area contributed by atoms with E-state index in [-0.39, 0.29) is 22.4 Å². The van der Waals surface area contributed by atoms with Crippen LogP contribution in [-0.4, -0.2) is 25.1 Å². The summed E-state index contributed by atoms with van der Waals surface area (Å²) in [5, 5.41) is 3.49. The van der Waals surface area contributed by atoms with Gasteiger partial charge in [-0.15, -0.1) is 11.3 Å². The zero-order valence-corrected chi connectivity index (χ0v) is 23.4. The Morgan fingerprint density at radius 3 is 2.32 bits per heavy atom. The van der Waals surface area contributed by atoms with E-state index >= 15 is 0 Å². The van der Waals surface area contributed by atoms with Crippen molar-refractivity contribution >= 4 is 39.2 Å². The van der Waals surface area contributed by atoms with E-state index in [1.54, 1.807) is 38.1 Å². The van der Waals surface area contributed by atoms with Crippen LogP contribution in [0.4, 0.5) is 5.00 Å². The number of carbonyl (C=O) groups is 2. The lowest BCUT2D eigenvalue weighted by Crippen LogP contribution is -2.32. The summed E-state index contributed by atoms with van der Waals surface area (Å²) in [5.74, 6) is -0.863. The van der Waals surface area contributed by atoms with Gasteiger partial charge in [0.1, 0.15) is 10.6 Å². The maximum atomic E-state index is 13.5. The van der Waals surface area contributed by atoms with Gasteiger partial charge in [-0.25, -0.2) is 4.79 Å². The number of hydrogen-bond donors (Lipinski definition) is 1. The van der Waals surface area contributed by atoms with Crippen molar-refractivity contribution in [2.24, 2.45) is 0 Å². The van der Waals surface area contributed by atoms with Crippen molar-refractivity contribution in [3.63, 3.8) is 0 Å². The molecule has 0 saturated carbocycles. The molecule has 4 rings (SSSR count). The fourth-order valence-electron chi connectivity index (χ4n) is 4.05. The quantitative estimate of drug-likeness (QED) is 0.280. The molecule has 0 aliphatic rings. The van der Waals surface area contributed by atoms with Gasteiger partial charge in [0.15, 0.2) is 11.9 Å². The fourth-order valence-corrected chi connectivity index (χ4v) is 5.10. The number of fused-ring (bicyclic) bond motifs is 1. The predicted molar refractivity (Wildman–Crippen MR) is 150 cm³/mol. The molecule has 38 heavy (non-hydrogen) atoms. The molecule has 0 saturated heterocycles. The minimum Gasteiger partial charge on any atom is -0.473 e. The highest BCUT2D eigenvalue weighted by Gasteiger charge is 2.27. The van der Waals surface area contributed by atoms with Crippen LogP contribution in [-0.2, 0) is 14.9 Å². The van der Waals surface area contributed by atoms with Crippen LogP contribution in [0.1, 0.15) is 54.1 Å². The monoisotopic (exact) mass is 533 g/mol. The molecule has 1 amide bonds. The maximum absolute atomic E-state index is 13.5. The highest BCUT2D eigenvalue weighted by Crippen LogP contribution is 2.35. The molecule has 198 valence electrons. The third-order valence-electron chi connectivity index (χ3n) is 6.44. The Balaban J connectivity index is 1.72. The van der Waals surface area contributed by atoms with Crippen LogP contribution in [0, 0.1) is 13.8 Å². The average molecular weight is 534 g/mol. The van der Waals surface area contributed by atoms with E-state index < -0.39 is 18.0 Å². The first-order valence-electron chi connectivity index (χ1n) is 12.2. The molecule has 0 aliphatic carbocycles. The summed E-state index contributed by atoms with van der Waals surface area (Å²) < 4.78 is 17.0. The van der Waals surface area contributed by atoms with Gasteiger partial charge in [0, 0.05) is 10.4 Å². The van der Waals surface area contributed by atoms with Crippen LogP contribution in [0.25, 0.3) is 22.3 Å². The topological polar surface area (TPSA) is 94.8 Å². The molecule has 0 spiro atoms. The first kappa shape index (κ1) is 27.1. The summed E-state index contributed by atoms with van der Waals surface area (Å²) in [6, 6.07) is 14.6. The van der Waals surface area contributed by atoms with E-state index in [4.69, 9.17) is 13.9 Å². The van der Waals surface area contributed by atoms with Crippen molar-refractivity contribution in [3.8, 4) is 17.1 Å². The van der Waals surface area contributed by atoms with E-state index in [1.165, 1.54) is 18.4 Å². The van der Waals surface area contributed by atoms with Crippen LogP contribution in [0.2, 0.25) is 0 Å². The Morgan fingerprint density at radius 1 is 1.03 bits per heavy atom. The number of hydrogen-bond acceptors (Lipinski definition) is 7. The minimum absolute atomic E-state index is 0.0454. The number of thiophene rings is 1. The van der Waals surface area contributed by atoms with Gasteiger partial charge in [-0.3, -0.25) is 9.59 Å². The molecule has 4 aromatic rings. The molecule has 1 unspecified atom stereocenters. The summed E-state index contributed by atoms with van der Waals surface area (Å²) in [6.07, 6.45) is -1.07. The van der Waals surface area contributed by atoms with Crippen molar-refractivity contribution in [3.05, 3.63) is 80.3 Å². The first-order chi connectivity index (χ1) is 17.9. The van der Waals surface area contributed by atoms with Crippen molar-refractivity contribution in [1.82, 2.24) is 0 Å². The Morgan fingerprint density at radius 2 is 1.68 bits per heavy atom. The number of rotatable bonds is 6. The third-order valence-corrected chi connectivity index (χ3v) is 7.57. The van der Waals surface area contributed by atoms with Crippen LogP contribution in [0.3, 0.4) is 0 Å². The third kappa shape index (κ3) is 5.22. The van der Waals surface area contributed by atoms with E-state index in [0.717, 1.165) is 16.0 Å². The van der Waals surface area contributed by atoms with E-state index in [1.807, 2.05) is 31.2 Å². The molecule has 0 fully saturated rings. The smallest absolute Gasteiger partial charge is 0.341 e. The standard InChI is InChI=1S/C30H31NO6S/c1-16-18(3)38-28(23(16)29(34)35-7)31-27(33)17(2)36-26-24(32)21-10-8-9-11-22(21)37-25(26)19-12-14-20(15-13-19)30(4,5)6/h8-15,17H,1-7H3,(H,31,33). The lowest BCUT2D eigenvalue weighted by molar-refractivity contribution is -0.122.